The van der Waals surface area contributed by atoms with Gasteiger partial charge >= 0.3 is 5.97 Å². The zero-order valence-electron chi connectivity index (χ0n) is 11.5. The van der Waals surface area contributed by atoms with E-state index in [0.717, 1.165) is 11.8 Å². The molecular formula is C13H16N2O4S2. The average molecular weight is 328 g/mol. The highest BCUT2D eigenvalue weighted by Gasteiger charge is 2.31. The van der Waals surface area contributed by atoms with Gasteiger partial charge in [0.25, 0.3) is 0 Å². The number of hydrogen-bond acceptors (Lipinski definition) is 6. The summed E-state index contributed by atoms with van der Waals surface area (Å²) in [4.78, 5) is 16.5. The predicted octanol–water partition coefficient (Wildman–Crippen LogP) is 1.10. The van der Waals surface area contributed by atoms with E-state index in [1.54, 1.807) is 28.8 Å². The minimum absolute atomic E-state index is 0.529. The number of sulfone groups is 1. The van der Waals surface area contributed by atoms with Crippen LogP contribution in [0.3, 0.4) is 0 Å². The van der Waals surface area contributed by atoms with Crippen LogP contribution >= 0.6 is 11.8 Å². The first-order valence-electron chi connectivity index (χ1n) is 6.28. The lowest BCUT2D eigenvalue weighted by Gasteiger charge is -2.34. The van der Waals surface area contributed by atoms with E-state index in [9.17, 15) is 13.2 Å². The van der Waals surface area contributed by atoms with Crippen LogP contribution in [0, 0.1) is 0 Å². The van der Waals surface area contributed by atoms with E-state index >= 15 is 0 Å². The highest BCUT2D eigenvalue weighted by Crippen LogP contribution is 2.25. The number of anilines is 1. The van der Waals surface area contributed by atoms with E-state index in [1.807, 2.05) is 0 Å². The molecule has 2 rings (SSSR count). The molecule has 0 saturated carbocycles. The Kier molecular flexibility index (Phi) is 4.89. The van der Waals surface area contributed by atoms with Crippen molar-refractivity contribution in [1.82, 2.24) is 4.98 Å². The number of carbonyl (C=O) groups is 1. The second-order valence-electron chi connectivity index (χ2n) is 4.67. The smallest absolute Gasteiger partial charge is 0.328 e. The maximum Gasteiger partial charge on any atom is 0.328 e. The number of aliphatic carboxylic acids is 1. The van der Waals surface area contributed by atoms with Gasteiger partial charge in [-0.15, -0.1) is 0 Å². The third-order valence-corrected chi connectivity index (χ3v) is 5.71. The van der Waals surface area contributed by atoms with Crippen molar-refractivity contribution in [1.29, 1.82) is 0 Å². The Morgan fingerprint density at radius 3 is 2.86 bits per heavy atom. The van der Waals surface area contributed by atoms with Gasteiger partial charge in [0.2, 0.25) is 0 Å². The zero-order valence-corrected chi connectivity index (χ0v) is 13.1. The standard InChI is InChI=1S/C13H16N2O4S2/c1-21(18,19)12-9-20-7-6-15(12)11-4-2-10(8-14-11)3-5-13(16)17/h2-5,8,12H,6-7,9H2,1H3,(H,16,17)/b5-3+. The van der Waals surface area contributed by atoms with Gasteiger partial charge in [-0.25, -0.2) is 18.2 Å². The third kappa shape index (κ3) is 4.21. The molecule has 0 amide bonds. The lowest BCUT2D eigenvalue weighted by Crippen LogP contribution is -2.47. The maximum atomic E-state index is 11.9. The Hall–Kier alpha value is -1.54. The van der Waals surface area contributed by atoms with Gasteiger partial charge in [0.05, 0.1) is 0 Å². The van der Waals surface area contributed by atoms with Gasteiger partial charge < -0.3 is 10.0 Å². The summed E-state index contributed by atoms with van der Waals surface area (Å²) in [5.41, 5.74) is 0.656. The van der Waals surface area contributed by atoms with Crippen LogP contribution in [0.5, 0.6) is 0 Å². The van der Waals surface area contributed by atoms with E-state index in [0.29, 0.717) is 23.7 Å². The van der Waals surface area contributed by atoms with Crippen molar-refractivity contribution in [3.8, 4) is 0 Å². The number of carboxylic acid groups (broad SMARTS) is 1. The van der Waals surface area contributed by atoms with E-state index in [2.05, 4.69) is 4.98 Å². The number of aromatic nitrogens is 1. The van der Waals surface area contributed by atoms with Gasteiger partial charge in [-0.05, 0) is 23.8 Å². The Morgan fingerprint density at radius 1 is 1.52 bits per heavy atom. The first-order chi connectivity index (χ1) is 9.88. The molecule has 6 nitrogen and oxygen atoms in total. The number of thioether (sulfide) groups is 1. The van der Waals surface area contributed by atoms with Gasteiger partial charge in [0.15, 0.2) is 9.84 Å². The van der Waals surface area contributed by atoms with Crippen molar-refractivity contribution in [3.63, 3.8) is 0 Å². The fourth-order valence-electron chi connectivity index (χ4n) is 2.03. The number of hydrogen-bond donors (Lipinski definition) is 1. The van der Waals surface area contributed by atoms with Crippen LogP contribution in [0.15, 0.2) is 24.4 Å². The van der Waals surface area contributed by atoms with E-state index in [1.165, 1.54) is 18.5 Å². The molecule has 114 valence electrons. The highest BCUT2D eigenvalue weighted by molar-refractivity contribution is 8.01. The summed E-state index contributed by atoms with van der Waals surface area (Å²) in [5, 5.41) is 8.01. The highest BCUT2D eigenvalue weighted by atomic mass is 32.2. The SMILES string of the molecule is CS(=O)(=O)C1CSCCN1c1ccc(/C=C/C(=O)O)cn1. The molecule has 1 fully saturated rings. The molecule has 2 heterocycles. The molecule has 1 unspecified atom stereocenters. The Bertz CT molecular complexity index is 641. The molecule has 1 aliphatic heterocycles. The fourth-order valence-corrected chi connectivity index (χ4v) is 4.86. The van der Waals surface area contributed by atoms with Crippen LogP contribution in [0.2, 0.25) is 0 Å². The van der Waals surface area contributed by atoms with Crippen molar-refractivity contribution in [2.75, 3.05) is 29.2 Å². The number of carboxylic acids is 1. The normalized spacial score (nSPS) is 19.9. The molecule has 0 spiro atoms. The Balaban J connectivity index is 2.22. The van der Waals surface area contributed by atoms with Gasteiger partial charge in [-0.1, -0.05) is 0 Å². The van der Waals surface area contributed by atoms with Crippen molar-refractivity contribution < 1.29 is 18.3 Å². The monoisotopic (exact) mass is 328 g/mol. The average Bonchev–Trinajstić information content (AvgIpc) is 2.45. The number of rotatable bonds is 4. The van der Waals surface area contributed by atoms with Gasteiger partial charge in [-0.3, -0.25) is 0 Å². The molecule has 1 aromatic heterocycles. The van der Waals surface area contributed by atoms with Crippen LogP contribution in [-0.2, 0) is 14.6 Å². The van der Waals surface area contributed by atoms with Crippen molar-refractivity contribution >= 4 is 39.5 Å². The van der Waals surface area contributed by atoms with Crippen LogP contribution in [0.25, 0.3) is 6.08 Å². The van der Waals surface area contributed by atoms with E-state index < -0.39 is 21.2 Å². The molecule has 0 bridgehead atoms. The third-order valence-electron chi connectivity index (χ3n) is 3.06. The number of nitrogens with zero attached hydrogens (tertiary/aromatic N) is 2. The second kappa shape index (κ2) is 6.48. The second-order valence-corrected chi connectivity index (χ2v) is 8.03. The molecular weight excluding hydrogens is 312 g/mol. The molecule has 1 saturated heterocycles. The van der Waals surface area contributed by atoms with Gasteiger partial charge in [0.1, 0.15) is 11.2 Å². The lowest BCUT2D eigenvalue weighted by molar-refractivity contribution is -0.131. The van der Waals surface area contributed by atoms with Crippen LogP contribution in [0.4, 0.5) is 5.82 Å². The Labute approximate surface area is 127 Å². The summed E-state index contributed by atoms with van der Waals surface area (Å²) in [6, 6.07) is 3.44. The summed E-state index contributed by atoms with van der Waals surface area (Å²) in [6.07, 6.45) is 5.25. The van der Waals surface area contributed by atoms with E-state index in [4.69, 9.17) is 5.11 Å². The van der Waals surface area contributed by atoms with Crippen molar-refractivity contribution in [2.45, 2.75) is 5.37 Å². The molecule has 1 aliphatic rings. The summed E-state index contributed by atoms with van der Waals surface area (Å²) >= 11 is 1.62. The quantitative estimate of drug-likeness (QED) is 0.828. The largest absolute Gasteiger partial charge is 0.478 e. The summed E-state index contributed by atoms with van der Waals surface area (Å²) < 4.78 is 23.7. The van der Waals surface area contributed by atoms with Crippen LogP contribution in [-0.4, -0.2) is 54.2 Å². The fraction of sp³-hybridized carbons (Fsp3) is 0.385. The van der Waals surface area contributed by atoms with E-state index in [-0.39, 0.29) is 0 Å². The molecule has 0 radical (unpaired) electrons. The first kappa shape index (κ1) is 15.8. The number of pyridine rings is 1. The van der Waals surface area contributed by atoms with Crippen LogP contribution in [0.1, 0.15) is 5.56 Å². The van der Waals surface area contributed by atoms with Crippen LogP contribution < -0.4 is 4.90 Å². The summed E-state index contributed by atoms with van der Waals surface area (Å²) in [5.74, 6) is 0.956. The van der Waals surface area contributed by atoms with Gasteiger partial charge in [0, 0.05) is 36.6 Å². The summed E-state index contributed by atoms with van der Waals surface area (Å²) in [7, 11) is -3.18. The molecule has 1 N–H and O–H groups in total. The maximum absolute atomic E-state index is 11.9. The molecule has 0 aliphatic carbocycles. The molecule has 0 aromatic carbocycles. The van der Waals surface area contributed by atoms with Crippen molar-refractivity contribution in [3.05, 3.63) is 30.0 Å². The van der Waals surface area contributed by atoms with Crippen molar-refractivity contribution in [2.24, 2.45) is 0 Å². The molecule has 1 atom stereocenters. The first-order valence-corrected chi connectivity index (χ1v) is 9.39. The predicted molar refractivity (Wildman–Crippen MR) is 84.2 cm³/mol. The Morgan fingerprint density at radius 2 is 2.29 bits per heavy atom. The minimum atomic E-state index is -3.18. The molecule has 1 aromatic rings. The minimum Gasteiger partial charge on any atom is -0.478 e. The summed E-state index contributed by atoms with van der Waals surface area (Å²) in [6.45, 7) is 0.625. The lowest BCUT2D eigenvalue weighted by atomic mass is 10.2. The zero-order chi connectivity index (χ0) is 15.5. The molecule has 21 heavy (non-hydrogen) atoms. The van der Waals surface area contributed by atoms with Gasteiger partial charge in [-0.2, -0.15) is 11.8 Å². The topological polar surface area (TPSA) is 87.6 Å². The molecule has 8 heteroatoms.